The predicted octanol–water partition coefficient (Wildman–Crippen LogP) is 0.638. The lowest BCUT2D eigenvalue weighted by atomic mass is 10.0. The second-order valence-corrected chi connectivity index (χ2v) is 5.19. The van der Waals surface area contributed by atoms with Crippen LogP contribution in [0.5, 0.6) is 0 Å². The van der Waals surface area contributed by atoms with E-state index in [0.717, 1.165) is 5.56 Å². The van der Waals surface area contributed by atoms with Crippen LogP contribution in [-0.2, 0) is 6.54 Å². The van der Waals surface area contributed by atoms with E-state index >= 15 is 0 Å². The molecule has 1 heterocycles. The lowest BCUT2D eigenvalue weighted by molar-refractivity contribution is -0.662. The molecule has 2 N–H and O–H groups in total. The van der Waals surface area contributed by atoms with Crippen molar-refractivity contribution in [2.75, 3.05) is 0 Å². The van der Waals surface area contributed by atoms with Crippen LogP contribution in [0.1, 0.15) is 26.3 Å². The van der Waals surface area contributed by atoms with E-state index in [-0.39, 0.29) is 11.1 Å². The molecule has 1 aromatic heterocycles. The van der Waals surface area contributed by atoms with Crippen LogP contribution in [0, 0.1) is 0 Å². The highest BCUT2D eigenvalue weighted by atomic mass is 16.4. The number of rotatable bonds is 4. The first-order valence-corrected chi connectivity index (χ1v) is 7.08. The first-order valence-electron chi connectivity index (χ1n) is 7.08. The van der Waals surface area contributed by atoms with E-state index in [0.29, 0.717) is 17.4 Å². The largest absolute Gasteiger partial charge is 0.545 e. The monoisotopic (exact) mass is 306 g/mol. The van der Waals surface area contributed by atoms with Gasteiger partial charge in [-0.25, -0.2) is 0 Å². The van der Waals surface area contributed by atoms with Crippen LogP contribution < -0.4 is 15.4 Å². The summed E-state index contributed by atoms with van der Waals surface area (Å²) < 4.78 is 1.88. The summed E-state index contributed by atoms with van der Waals surface area (Å²) in [4.78, 5) is 23.0. The summed E-state index contributed by atoms with van der Waals surface area (Å²) in [7, 11) is 0. The number of amides is 1. The lowest BCUT2D eigenvalue weighted by Crippen LogP contribution is -2.36. The number of fused-ring (bicyclic) bond motifs is 1. The topological polar surface area (TPSA) is 87.1 Å². The minimum absolute atomic E-state index is 0.0429. The summed E-state index contributed by atoms with van der Waals surface area (Å²) in [5.74, 6) is -2.01. The third-order valence-corrected chi connectivity index (χ3v) is 3.72. The van der Waals surface area contributed by atoms with E-state index in [1.807, 2.05) is 34.9 Å². The minimum atomic E-state index is -1.34. The molecule has 0 aliphatic rings. The first-order chi connectivity index (χ1) is 11.1. The molecule has 2 aromatic carbocycles. The first kappa shape index (κ1) is 14.7. The van der Waals surface area contributed by atoms with Gasteiger partial charge in [-0.05, 0) is 6.07 Å². The molecule has 0 spiro atoms. The maximum atomic E-state index is 11.7. The Kier molecular flexibility index (Phi) is 3.76. The molecule has 1 amide bonds. The van der Waals surface area contributed by atoms with Gasteiger partial charge in [-0.1, -0.05) is 36.4 Å². The van der Waals surface area contributed by atoms with Gasteiger partial charge in [-0.2, -0.15) is 4.57 Å². The smallest absolute Gasteiger partial charge is 0.249 e. The van der Waals surface area contributed by atoms with Crippen molar-refractivity contribution < 1.29 is 19.3 Å². The Labute approximate surface area is 132 Å². The molecule has 0 aliphatic carbocycles. The van der Waals surface area contributed by atoms with Crippen LogP contribution >= 0.6 is 0 Å². The van der Waals surface area contributed by atoms with E-state index in [9.17, 15) is 14.7 Å². The molecular formula is C18H14N2O3. The van der Waals surface area contributed by atoms with E-state index in [1.165, 1.54) is 12.1 Å². The average molecular weight is 306 g/mol. The number of carboxylic acids is 1. The number of carbonyl (C=O) groups excluding carboxylic acids is 2. The van der Waals surface area contributed by atoms with E-state index in [4.69, 9.17) is 5.73 Å². The fraction of sp³-hybridized carbons (Fsp3) is 0.0556. The van der Waals surface area contributed by atoms with Crippen LogP contribution in [0.15, 0.2) is 60.8 Å². The highest BCUT2D eigenvalue weighted by Gasteiger charge is 2.19. The SMILES string of the molecule is NC(=O)c1cccc2c1c(C(=O)[O-])cc[n+]2Cc1ccccc1. The highest BCUT2D eigenvalue weighted by molar-refractivity contribution is 6.11. The molecule has 0 saturated heterocycles. The number of pyridine rings is 1. The summed E-state index contributed by atoms with van der Waals surface area (Å²) in [5, 5.41) is 11.7. The number of primary amides is 1. The van der Waals surface area contributed by atoms with Gasteiger partial charge in [-0.3, -0.25) is 4.79 Å². The maximum absolute atomic E-state index is 11.7. The fourth-order valence-corrected chi connectivity index (χ4v) is 2.68. The van der Waals surface area contributed by atoms with Crippen LogP contribution in [0.2, 0.25) is 0 Å². The van der Waals surface area contributed by atoms with Crippen molar-refractivity contribution >= 4 is 22.8 Å². The van der Waals surface area contributed by atoms with Crippen molar-refractivity contribution in [3.8, 4) is 0 Å². The van der Waals surface area contributed by atoms with Crippen molar-refractivity contribution in [2.24, 2.45) is 5.73 Å². The third kappa shape index (κ3) is 2.76. The molecule has 0 bridgehead atoms. The lowest BCUT2D eigenvalue weighted by Gasteiger charge is -2.10. The van der Waals surface area contributed by atoms with Gasteiger partial charge >= 0.3 is 0 Å². The molecule has 5 nitrogen and oxygen atoms in total. The standard InChI is InChI=1S/C18H14N2O3/c19-17(21)13-7-4-8-15-16(13)14(18(22)23)9-10-20(15)11-12-5-2-1-3-6-12/h1-10H,11H2,(H2-,19,21,22,23). The number of nitrogens with zero attached hydrogens (tertiary/aromatic N) is 1. The summed E-state index contributed by atoms with van der Waals surface area (Å²) >= 11 is 0. The summed E-state index contributed by atoms with van der Waals surface area (Å²) in [6, 6.07) is 16.1. The normalized spacial score (nSPS) is 10.6. The molecule has 0 radical (unpaired) electrons. The number of benzene rings is 2. The van der Waals surface area contributed by atoms with Gasteiger partial charge in [0.15, 0.2) is 12.7 Å². The van der Waals surface area contributed by atoms with E-state index in [1.54, 1.807) is 18.3 Å². The second-order valence-electron chi connectivity index (χ2n) is 5.19. The quantitative estimate of drug-likeness (QED) is 0.717. The van der Waals surface area contributed by atoms with E-state index < -0.39 is 11.9 Å². The van der Waals surface area contributed by atoms with E-state index in [2.05, 4.69) is 0 Å². The van der Waals surface area contributed by atoms with Gasteiger partial charge < -0.3 is 15.6 Å². The Balaban J connectivity index is 2.25. The maximum Gasteiger partial charge on any atom is 0.249 e. The third-order valence-electron chi connectivity index (χ3n) is 3.72. The molecule has 0 unspecified atom stereocenters. The number of carbonyl (C=O) groups is 2. The van der Waals surface area contributed by atoms with Crippen molar-refractivity contribution in [2.45, 2.75) is 6.54 Å². The Bertz CT molecular complexity index is 885. The van der Waals surface area contributed by atoms with Crippen molar-refractivity contribution in [1.29, 1.82) is 0 Å². The van der Waals surface area contributed by atoms with Crippen molar-refractivity contribution in [3.05, 3.63) is 77.5 Å². The molecule has 0 fully saturated rings. The van der Waals surface area contributed by atoms with Crippen LogP contribution in [0.4, 0.5) is 0 Å². The Morgan fingerprint density at radius 1 is 0.957 bits per heavy atom. The number of carboxylic acid groups (broad SMARTS) is 1. The predicted molar refractivity (Wildman–Crippen MR) is 82.5 cm³/mol. The van der Waals surface area contributed by atoms with Gasteiger partial charge in [0.2, 0.25) is 11.4 Å². The second kappa shape index (κ2) is 5.88. The molecule has 3 aromatic rings. The molecule has 0 saturated carbocycles. The highest BCUT2D eigenvalue weighted by Crippen LogP contribution is 2.20. The number of hydrogen-bond acceptors (Lipinski definition) is 3. The van der Waals surface area contributed by atoms with Gasteiger partial charge in [0, 0.05) is 23.3 Å². The molecule has 23 heavy (non-hydrogen) atoms. The zero-order chi connectivity index (χ0) is 16.4. The summed E-state index contributed by atoms with van der Waals surface area (Å²) in [5.41, 5.74) is 7.19. The molecule has 5 heteroatoms. The van der Waals surface area contributed by atoms with Gasteiger partial charge in [-0.15, -0.1) is 0 Å². The molecule has 0 aliphatic heterocycles. The van der Waals surface area contributed by atoms with Gasteiger partial charge in [0.25, 0.3) is 0 Å². The van der Waals surface area contributed by atoms with Crippen LogP contribution in [0.3, 0.4) is 0 Å². The fourth-order valence-electron chi connectivity index (χ4n) is 2.68. The molecular weight excluding hydrogens is 292 g/mol. The van der Waals surface area contributed by atoms with Crippen molar-refractivity contribution in [3.63, 3.8) is 0 Å². The van der Waals surface area contributed by atoms with Crippen molar-refractivity contribution in [1.82, 2.24) is 0 Å². The zero-order valence-electron chi connectivity index (χ0n) is 12.2. The summed E-state index contributed by atoms with van der Waals surface area (Å²) in [6.07, 6.45) is 1.67. The van der Waals surface area contributed by atoms with Gasteiger partial charge in [0.05, 0.1) is 16.9 Å². The molecule has 114 valence electrons. The van der Waals surface area contributed by atoms with Gasteiger partial charge in [0.1, 0.15) is 0 Å². The zero-order valence-corrected chi connectivity index (χ0v) is 12.2. The summed E-state index contributed by atoms with van der Waals surface area (Å²) in [6.45, 7) is 0.548. The minimum Gasteiger partial charge on any atom is -0.545 e. The molecule has 0 atom stereocenters. The van der Waals surface area contributed by atoms with Crippen LogP contribution in [0.25, 0.3) is 10.9 Å². The number of aromatic nitrogens is 1. The number of hydrogen-bond donors (Lipinski definition) is 1. The van der Waals surface area contributed by atoms with Crippen LogP contribution in [-0.4, -0.2) is 11.9 Å². The Morgan fingerprint density at radius 2 is 1.70 bits per heavy atom. The Morgan fingerprint density at radius 3 is 2.35 bits per heavy atom. The average Bonchev–Trinajstić information content (AvgIpc) is 2.55. The number of aromatic carboxylic acids is 1. The Hall–Kier alpha value is -3.21. The molecule has 3 rings (SSSR count). The number of nitrogens with two attached hydrogens (primary N) is 1.